The summed E-state index contributed by atoms with van der Waals surface area (Å²) in [4.78, 5) is 5.66. The average molecular weight is 280 g/mol. The number of pyridine rings is 1. The molecule has 0 saturated heterocycles. The van der Waals surface area contributed by atoms with Gasteiger partial charge in [-0.05, 0) is 30.7 Å². The lowest BCUT2D eigenvalue weighted by atomic mass is 10.2. The number of thiol groups is 1. The maximum atomic E-state index is 4.78. The highest BCUT2D eigenvalue weighted by molar-refractivity contribution is 7.80. The number of rotatable bonds is 1. The summed E-state index contributed by atoms with van der Waals surface area (Å²) in [5, 5.41) is 2.04. The van der Waals surface area contributed by atoms with Crippen LogP contribution in [0.25, 0.3) is 10.9 Å². The van der Waals surface area contributed by atoms with E-state index in [0.29, 0.717) is 0 Å². The summed E-state index contributed by atoms with van der Waals surface area (Å²) in [6.07, 6.45) is 2.00. The highest BCUT2D eigenvalue weighted by Gasteiger charge is 2.03. The normalized spacial score (nSPS) is 12.1. The molecule has 0 fully saturated rings. The van der Waals surface area contributed by atoms with Gasteiger partial charge in [-0.15, -0.1) is 12.6 Å². The lowest BCUT2D eigenvalue weighted by molar-refractivity contribution is 0.920. The lowest BCUT2D eigenvalue weighted by Gasteiger charge is -2.08. The summed E-state index contributed by atoms with van der Waals surface area (Å²) in [6, 6.07) is 16.4. The van der Waals surface area contributed by atoms with Crippen molar-refractivity contribution in [1.29, 1.82) is 0 Å². The van der Waals surface area contributed by atoms with Crippen molar-refractivity contribution >= 4 is 29.2 Å². The van der Waals surface area contributed by atoms with Crippen LogP contribution in [0.15, 0.2) is 64.6 Å². The number of hydrogen-bond acceptors (Lipinski definition) is 2. The van der Waals surface area contributed by atoms with Gasteiger partial charge >= 0.3 is 0 Å². The molecule has 1 heterocycles. The van der Waals surface area contributed by atoms with Gasteiger partial charge in [-0.2, -0.15) is 0 Å². The number of para-hydroxylation sites is 1. The minimum absolute atomic E-state index is 0.882. The van der Waals surface area contributed by atoms with E-state index in [1.807, 2.05) is 37.5 Å². The largest absolute Gasteiger partial charge is 0.349 e. The van der Waals surface area contributed by atoms with Crippen LogP contribution in [-0.4, -0.2) is 4.57 Å². The Labute approximate surface area is 123 Å². The van der Waals surface area contributed by atoms with E-state index in [9.17, 15) is 0 Å². The zero-order chi connectivity index (χ0) is 14.1. The molecule has 0 amide bonds. The van der Waals surface area contributed by atoms with Gasteiger partial charge in [-0.25, -0.2) is 4.99 Å². The van der Waals surface area contributed by atoms with Gasteiger partial charge in [0.2, 0.25) is 0 Å². The molecule has 20 heavy (non-hydrogen) atoms. The van der Waals surface area contributed by atoms with Crippen molar-refractivity contribution in [3.63, 3.8) is 0 Å². The van der Waals surface area contributed by atoms with E-state index in [1.165, 1.54) is 5.56 Å². The molecule has 0 spiro atoms. The van der Waals surface area contributed by atoms with Crippen molar-refractivity contribution in [2.45, 2.75) is 11.8 Å². The molecule has 0 aliphatic heterocycles. The van der Waals surface area contributed by atoms with Crippen molar-refractivity contribution in [2.24, 2.45) is 12.0 Å². The van der Waals surface area contributed by atoms with Crippen LogP contribution < -0.4 is 5.36 Å². The molecule has 0 N–H and O–H groups in total. The Bertz CT molecular complexity index is 847. The summed E-state index contributed by atoms with van der Waals surface area (Å²) in [5.41, 5.74) is 3.31. The van der Waals surface area contributed by atoms with Crippen LogP contribution in [0.4, 0.5) is 5.69 Å². The van der Waals surface area contributed by atoms with Gasteiger partial charge in [-0.3, -0.25) is 0 Å². The highest BCUT2D eigenvalue weighted by Crippen LogP contribution is 2.16. The first-order valence-corrected chi connectivity index (χ1v) is 6.98. The molecule has 3 heteroatoms. The molecular weight excluding hydrogens is 264 g/mol. The van der Waals surface area contributed by atoms with Gasteiger partial charge in [0.25, 0.3) is 0 Å². The Morgan fingerprint density at radius 1 is 1.05 bits per heavy atom. The van der Waals surface area contributed by atoms with E-state index >= 15 is 0 Å². The van der Waals surface area contributed by atoms with E-state index in [0.717, 1.165) is 26.8 Å². The average Bonchev–Trinajstić information content (AvgIpc) is 2.43. The standard InChI is InChI=1S/C17H16N2S/c1-12-6-5-7-13(10-12)18-17-14-8-3-4-9-15(14)19(2)11-16(17)20/h3-11,20H,1-2H3. The van der Waals surface area contributed by atoms with Crippen LogP contribution in [0.1, 0.15) is 5.56 Å². The monoisotopic (exact) mass is 280 g/mol. The molecule has 0 unspecified atom stereocenters. The summed E-state index contributed by atoms with van der Waals surface area (Å²) in [5.74, 6) is 0. The van der Waals surface area contributed by atoms with Crippen LogP contribution >= 0.6 is 12.6 Å². The predicted octanol–water partition coefficient (Wildman–Crippen LogP) is 4.01. The first-order chi connectivity index (χ1) is 9.65. The zero-order valence-corrected chi connectivity index (χ0v) is 12.4. The molecule has 0 aliphatic rings. The van der Waals surface area contributed by atoms with E-state index in [2.05, 4.69) is 48.4 Å². The Balaban J connectivity index is 2.36. The third-order valence-corrected chi connectivity index (χ3v) is 3.67. The summed E-state index contributed by atoms with van der Waals surface area (Å²) in [7, 11) is 2.03. The predicted molar refractivity (Wildman–Crippen MR) is 86.6 cm³/mol. The van der Waals surface area contributed by atoms with Crippen LogP contribution in [-0.2, 0) is 7.05 Å². The fourth-order valence-electron chi connectivity index (χ4n) is 2.38. The molecule has 0 bridgehead atoms. The van der Waals surface area contributed by atoms with Crippen molar-refractivity contribution in [1.82, 2.24) is 4.57 Å². The molecule has 1 aromatic heterocycles. The molecule has 0 aliphatic carbocycles. The minimum Gasteiger partial charge on any atom is -0.349 e. The summed E-state index contributed by atoms with van der Waals surface area (Å²) in [6.45, 7) is 2.07. The summed E-state index contributed by atoms with van der Waals surface area (Å²) < 4.78 is 2.08. The Hall–Kier alpha value is -2.00. The number of aromatic nitrogens is 1. The van der Waals surface area contributed by atoms with Gasteiger partial charge in [0.15, 0.2) is 0 Å². The molecule has 3 rings (SSSR count). The van der Waals surface area contributed by atoms with Crippen LogP contribution in [0.3, 0.4) is 0 Å². The molecular formula is C17H16N2S. The van der Waals surface area contributed by atoms with E-state index in [1.54, 1.807) is 0 Å². The fourth-order valence-corrected chi connectivity index (χ4v) is 2.72. The van der Waals surface area contributed by atoms with Crippen molar-refractivity contribution in [3.05, 3.63) is 65.6 Å². The number of nitrogens with zero attached hydrogens (tertiary/aromatic N) is 2. The number of aryl methyl sites for hydroxylation is 2. The Kier molecular flexibility index (Phi) is 3.36. The van der Waals surface area contributed by atoms with Gasteiger partial charge in [0.05, 0.1) is 11.0 Å². The molecule has 2 nitrogen and oxygen atoms in total. The van der Waals surface area contributed by atoms with Gasteiger partial charge in [0.1, 0.15) is 0 Å². The second-order valence-electron chi connectivity index (χ2n) is 4.94. The third-order valence-electron chi connectivity index (χ3n) is 3.34. The highest BCUT2D eigenvalue weighted by atomic mass is 32.1. The number of benzene rings is 2. The van der Waals surface area contributed by atoms with Crippen molar-refractivity contribution in [3.8, 4) is 0 Å². The molecule has 2 aromatic carbocycles. The zero-order valence-electron chi connectivity index (χ0n) is 11.5. The van der Waals surface area contributed by atoms with E-state index < -0.39 is 0 Å². The quantitative estimate of drug-likeness (QED) is 0.649. The van der Waals surface area contributed by atoms with Gasteiger partial charge < -0.3 is 4.57 Å². The van der Waals surface area contributed by atoms with Crippen molar-refractivity contribution in [2.75, 3.05) is 0 Å². The second-order valence-corrected chi connectivity index (χ2v) is 5.42. The molecule has 0 radical (unpaired) electrons. The molecule has 0 saturated carbocycles. The fraction of sp³-hybridized carbons (Fsp3) is 0.118. The maximum Gasteiger partial charge on any atom is 0.0878 e. The molecule has 3 aromatic rings. The first kappa shape index (κ1) is 13.0. The molecule has 0 atom stereocenters. The van der Waals surface area contributed by atoms with Crippen LogP contribution in [0.2, 0.25) is 0 Å². The maximum absolute atomic E-state index is 4.78. The van der Waals surface area contributed by atoms with Crippen LogP contribution in [0.5, 0.6) is 0 Å². The minimum atomic E-state index is 0.882. The third kappa shape index (κ3) is 2.37. The van der Waals surface area contributed by atoms with E-state index in [-0.39, 0.29) is 0 Å². The van der Waals surface area contributed by atoms with Crippen LogP contribution in [0, 0.1) is 6.92 Å². The van der Waals surface area contributed by atoms with Crippen molar-refractivity contribution < 1.29 is 0 Å². The number of hydrogen-bond donors (Lipinski definition) is 1. The Morgan fingerprint density at radius 2 is 1.85 bits per heavy atom. The number of fused-ring (bicyclic) bond motifs is 1. The second kappa shape index (κ2) is 5.17. The lowest BCUT2D eigenvalue weighted by Crippen LogP contribution is -2.10. The SMILES string of the molecule is Cc1cccc(N=c2c(S)cn(C)c3ccccc23)c1. The van der Waals surface area contributed by atoms with E-state index in [4.69, 9.17) is 4.99 Å². The smallest absolute Gasteiger partial charge is 0.0878 e. The molecule has 100 valence electrons. The van der Waals surface area contributed by atoms with Gasteiger partial charge in [0, 0.05) is 29.0 Å². The Morgan fingerprint density at radius 3 is 2.65 bits per heavy atom. The van der Waals surface area contributed by atoms with Gasteiger partial charge in [-0.1, -0.05) is 30.3 Å². The first-order valence-electron chi connectivity index (χ1n) is 6.54. The topological polar surface area (TPSA) is 17.3 Å². The summed E-state index contributed by atoms with van der Waals surface area (Å²) >= 11 is 4.59.